The summed E-state index contributed by atoms with van der Waals surface area (Å²) in [6, 6.07) is 9.85. The second-order valence-corrected chi connectivity index (χ2v) is 5.58. The Labute approximate surface area is 149 Å². The van der Waals surface area contributed by atoms with E-state index in [1.165, 1.54) is 6.07 Å². The number of nitrogens with two attached hydrogens (primary N) is 1. The van der Waals surface area contributed by atoms with Crippen molar-refractivity contribution in [2.24, 2.45) is 0 Å². The maximum Gasteiger partial charge on any atom is 0.251 e. The molecule has 2 heterocycles. The van der Waals surface area contributed by atoms with E-state index in [0.717, 1.165) is 0 Å². The fraction of sp³-hybridized carbons (Fsp3) is 0.176. The average molecular weight is 348 g/mol. The molecule has 0 spiro atoms. The summed E-state index contributed by atoms with van der Waals surface area (Å²) >= 11 is 0. The van der Waals surface area contributed by atoms with E-state index < -0.39 is 0 Å². The molecule has 0 aliphatic carbocycles. The van der Waals surface area contributed by atoms with Crippen LogP contribution in [0.15, 0.2) is 42.7 Å². The molecular weight excluding hydrogens is 332 g/mol. The van der Waals surface area contributed by atoms with Crippen molar-refractivity contribution < 1.29 is 4.79 Å². The summed E-state index contributed by atoms with van der Waals surface area (Å²) in [5, 5.41) is 19.7. The van der Waals surface area contributed by atoms with Crippen LogP contribution in [0.25, 0.3) is 0 Å². The van der Waals surface area contributed by atoms with Crippen molar-refractivity contribution in [2.75, 3.05) is 5.73 Å². The van der Waals surface area contributed by atoms with Crippen molar-refractivity contribution in [3.05, 3.63) is 65.4 Å². The first-order valence-corrected chi connectivity index (χ1v) is 7.84. The molecule has 1 unspecified atom stereocenters. The lowest BCUT2D eigenvalue weighted by molar-refractivity contribution is 0.0950. The van der Waals surface area contributed by atoms with Gasteiger partial charge in [-0.2, -0.15) is 5.26 Å². The second-order valence-electron chi connectivity index (χ2n) is 5.58. The molecule has 0 saturated heterocycles. The number of hydrogen-bond donors (Lipinski definition) is 2. The van der Waals surface area contributed by atoms with E-state index in [2.05, 4.69) is 25.6 Å². The zero-order chi connectivity index (χ0) is 18.5. The number of aromatic nitrogens is 5. The summed E-state index contributed by atoms with van der Waals surface area (Å²) < 4.78 is 1.60. The molecule has 1 amide bonds. The molecular formula is C17H16N8O. The Morgan fingerprint density at radius 2 is 2.27 bits per heavy atom. The van der Waals surface area contributed by atoms with Crippen LogP contribution in [0.4, 0.5) is 5.82 Å². The van der Waals surface area contributed by atoms with Crippen molar-refractivity contribution in [3.8, 4) is 6.07 Å². The fourth-order valence-electron chi connectivity index (χ4n) is 2.29. The van der Waals surface area contributed by atoms with E-state index in [1.807, 2.05) is 13.0 Å². The topological polar surface area (TPSA) is 135 Å². The molecule has 0 fully saturated rings. The Morgan fingerprint density at radius 1 is 1.42 bits per heavy atom. The SMILES string of the molecule is CC(c1nccc(N)n1)n1cc(CNC(=O)c2cccc(C#N)c2)nn1. The summed E-state index contributed by atoms with van der Waals surface area (Å²) in [7, 11) is 0. The van der Waals surface area contributed by atoms with Gasteiger partial charge in [-0.25, -0.2) is 14.6 Å². The number of nitrogens with one attached hydrogen (secondary N) is 1. The summed E-state index contributed by atoms with van der Waals surface area (Å²) in [5.41, 5.74) is 7.11. The number of nitriles is 1. The van der Waals surface area contributed by atoms with E-state index in [9.17, 15) is 4.79 Å². The molecule has 3 aromatic rings. The van der Waals surface area contributed by atoms with Gasteiger partial charge in [-0.15, -0.1) is 5.10 Å². The summed E-state index contributed by atoms with van der Waals surface area (Å²) in [6.07, 6.45) is 3.30. The molecule has 26 heavy (non-hydrogen) atoms. The monoisotopic (exact) mass is 348 g/mol. The van der Waals surface area contributed by atoms with Gasteiger partial charge in [0, 0.05) is 11.8 Å². The van der Waals surface area contributed by atoms with Crippen molar-refractivity contribution in [3.63, 3.8) is 0 Å². The Bertz CT molecular complexity index is 975. The van der Waals surface area contributed by atoms with Crippen molar-refractivity contribution in [1.29, 1.82) is 5.26 Å². The average Bonchev–Trinajstić information content (AvgIpc) is 3.14. The number of anilines is 1. The Balaban J connectivity index is 1.65. The zero-order valence-corrected chi connectivity index (χ0v) is 14.0. The Hall–Kier alpha value is -3.80. The standard InChI is InChI=1S/C17H16N8O/c1-11(16-20-6-5-15(19)22-16)25-10-14(23-24-25)9-21-17(26)13-4-2-3-12(7-13)8-18/h2-7,10-11H,9H2,1H3,(H,21,26)(H2,19,20,22). The van der Waals surface area contributed by atoms with Gasteiger partial charge in [-0.3, -0.25) is 4.79 Å². The molecule has 1 atom stereocenters. The molecule has 0 radical (unpaired) electrons. The maximum absolute atomic E-state index is 12.2. The number of hydrogen-bond acceptors (Lipinski definition) is 7. The molecule has 9 nitrogen and oxygen atoms in total. The molecule has 9 heteroatoms. The van der Waals surface area contributed by atoms with Gasteiger partial charge in [0.05, 0.1) is 24.4 Å². The number of nitrogens with zero attached hydrogens (tertiary/aromatic N) is 6. The van der Waals surface area contributed by atoms with Crippen LogP contribution in [-0.4, -0.2) is 30.9 Å². The Kier molecular flexibility index (Phi) is 4.85. The minimum Gasteiger partial charge on any atom is -0.384 e. The second kappa shape index (κ2) is 7.40. The van der Waals surface area contributed by atoms with E-state index in [-0.39, 0.29) is 18.5 Å². The lowest BCUT2D eigenvalue weighted by atomic mass is 10.1. The molecule has 3 rings (SSSR count). The number of nitrogen functional groups attached to an aromatic ring is 1. The minimum atomic E-state index is -0.288. The lowest BCUT2D eigenvalue weighted by Gasteiger charge is -2.09. The molecule has 1 aromatic carbocycles. The van der Waals surface area contributed by atoms with Crippen LogP contribution in [0.2, 0.25) is 0 Å². The summed E-state index contributed by atoms with van der Waals surface area (Å²) in [5.74, 6) is 0.622. The third-order valence-corrected chi connectivity index (χ3v) is 3.71. The normalized spacial score (nSPS) is 11.5. The van der Waals surface area contributed by atoms with E-state index in [4.69, 9.17) is 11.0 Å². The quantitative estimate of drug-likeness (QED) is 0.703. The fourth-order valence-corrected chi connectivity index (χ4v) is 2.29. The van der Waals surface area contributed by atoms with Crippen molar-refractivity contribution >= 4 is 11.7 Å². The number of benzene rings is 1. The van der Waals surface area contributed by atoms with Gasteiger partial charge < -0.3 is 11.1 Å². The number of carbonyl (C=O) groups is 1. The van der Waals surface area contributed by atoms with Crippen LogP contribution in [0, 0.1) is 11.3 Å². The van der Waals surface area contributed by atoms with Crippen LogP contribution in [0.5, 0.6) is 0 Å². The highest BCUT2D eigenvalue weighted by molar-refractivity contribution is 5.94. The molecule has 130 valence electrons. The van der Waals surface area contributed by atoms with Crippen molar-refractivity contribution in [2.45, 2.75) is 19.5 Å². The van der Waals surface area contributed by atoms with E-state index in [1.54, 1.807) is 41.3 Å². The first kappa shape index (κ1) is 17.0. The third-order valence-electron chi connectivity index (χ3n) is 3.71. The van der Waals surface area contributed by atoms with Gasteiger partial charge in [0.1, 0.15) is 17.6 Å². The third kappa shape index (κ3) is 3.81. The van der Waals surface area contributed by atoms with Gasteiger partial charge in [0.2, 0.25) is 0 Å². The van der Waals surface area contributed by atoms with Gasteiger partial charge in [-0.05, 0) is 31.2 Å². The van der Waals surface area contributed by atoms with Crippen LogP contribution in [-0.2, 0) is 6.54 Å². The van der Waals surface area contributed by atoms with Crippen LogP contribution >= 0.6 is 0 Å². The molecule has 0 bridgehead atoms. The Morgan fingerprint density at radius 3 is 3.04 bits per heavy atom. The number of amides is 1. The van der Waals surface area contributed by atoms with Crippen LogP contribution < -0.4 is 11.1 Å². The molecule has 0 aliphatic heterocycles. The van der Waals surface area contributed by atoms with Gasteiger partial charge in [-0.1, -0.05) is 11.3 Å². The highest BCUT2D eigenvalue weighted by Gasteiger charge is 2.14. The number of carbonyl (C=O) groups excluding carboxylic acids is 1. The van der Waals surface area contributed by atoms with E-state index in [0.29, 0.717) is 28.5 Å². The first-order chi connectivity index (χ1) is 12.6. The first-order valence-electron chi connectivity index (χ1n) is 7.84. The lowest BCUT2D eigenvalue weighted by Crippen LogP contribution is -2.23. The summed E-state index contributed by atoms with van der Waals surface area (Å²) in [6.45, 7) is 2.08. The van der Waals surface area contributed by atoms with Gasteiger partial charge >= 0.3 is 0 Å². The molecule has 2 aromatic heterocycles. The molecule has 3 N–H and O–H groups in total. The predicted octanol–water partition coefficient (Wildman–Crippen LogP) is 1.06. The van der Waals surface area contributed by atoms with Crippen LogP contribution in [0.1, 0.15) is 40.4 Å². The van der Waals surface area contributed by atoms with Gasteiger partial charge in [0.25, 0.3) is 5.91 Å². The largest absolute Gasteiger partial charge is 0.384 e. The summed E-state index contributed by atoms with van der Waals surface area (Å²) in [4.78, 5) is 20.5. The molecule has 0 saturated carbocycles. The highest BCUT2D eigenvalue weighted by atomic mass is 16.1. The number of rotatable bonds is 5. The van der Waals surface area contributed by atoms with Crippen LogP contribution in [0.3, 0.4) is 0 Å². The van der Waals surface area contributed by atoms with E-state index >= 15 is 0 Å². The molecule has 0 aliphatic rings. The minimum absolute atomic E-state index is 0.208. The zero-order valence-electron chi connectivity index (χ0n) is 14.0. The van der Waals surface area contributed by atoms with Gasteiger partial charge in [0.15, 0.2) is 5.82 Å². The van der Waals surface area contributed by atoms with Crippen molar-refractivity contribution in [1.82, 2.24) is 30.3 Å². The highest BCUT2D eigenvalue weighted by Crippen LogP contribution is 2.13. The predicted molar refractivity (Wildman–Crippen MR) is 92.6 cm³/mol. The maximum atomic E-state index is 12.2. The smallest absolute Gasteiger partial charge is 0.251 e.